The number of carbonyl (C=O) groups excluding carboxylic acids is 1. The van der Waals surface area contributed by atoms with Gasteiger partial charge in [-0.2, -0.15) is 31.0 Å². The minimum Gasteiger partial charge on any atom is -0.490 e. The molecule has 2 aromatic carbocycles. The molecule has 240 valence electrons. The molecule has 2 aromatic rings. The maximum atomic E-state index is 12.8. The first kappa shape index (κ1) is 35.2. The molecule has 0 fully saturated rings. The summed E-state index contributed by atoms with van der Waals surface area (Å²) in [6.45, 7) is -0.0293. The molecule has 16 nitrogen and oxygen atoms in total. The molecule has 44 heavy (non-hydrogen) atoms. The normalized spacial score (nSPS) is 13.8. The number of carboxylic acid groups (broad SMARTS) is 3. The second-order valence-corrected chi connectivity index (χ2v) is 10.3. The van der Waals surface area contributed by atoms with Gasteiger partial charge in [-0.1, -0.05) is 6.07 Å². The zero-order valence-corrected chi connectivity index (χ0v) is 23.1. The minimum atomic E-state index is -5.08. The molecule has 1 heterocycles. The number of carboxylic acids is 3. The van der Waals surface area contributed by atoms with Crippen LogP contribution in [-0.2, 0) is 37.6 Å². The highest BCUT2D eigenvalue weighted by molar-refractivity contribution is 7.87. The Hall–Kier alpha value is -4.95. The van der Waals surface area contributed by atoms with Crippen molar-refractivity contribution in [2.75, 3.05) is 6.61 Å². The van der Waals surface area contributed by atoms with Gasteiger partial charge in [0.2, 0.25) is 0 Å². The predicted octanol–water partition coefficient (Wildman–Crippen LogP) is 0.621. The average molecular weight is 650 g/mol. The van der Waals surface area contributed by atoms with Gasteiger partial charge in [0.05, 0.1) is 24.3 Å². The Balaban J connectivity index is 0.000000860. The van der Waals surface area contributed by atoms with Crippen LogP contribution >= 0.6 is 0 Å². The first-order valence-corrected chi connectivity index (χ1v) is 13.6. The van der Waals surface area contributed by atoms with Crippen molar-refractivity contribution in [3.05, 3.63) is 53.1 Å². The van der Waals surface area contributed by atoms with E-state index in [2.05, 4.69) is 9.71 Å². The van der Waals surface area contributed by atoms with E-state index < -0.39 is 52.7 Å². The molecule has 0 aliphatic carbocycles. The fourth-order valence-corrected chi connectivity index (χ4v) is 4.42. The number of carbonyl (C=O) groups is 4. The zero-order chi connectivity index (χ0) is 33.2. The third-order valence-corrected chi connectivity index (χ3v) is 6.43. The lowest BCUT2D eigenvalue weighted by molar-refractivity contribution is -0.192. The van der Waals surface area contributed by atoms with Crippen LogP contribution in [0, 0.1) is 0 Å². The molecule has 1 aliphatic heterocycles. The maximum absolute atomic E-state index is 12.8. The third kappa shape index (κ3) is 11.4. The second kappa shape index (κ2) is 15.0. The Morgan fingerprint density at radius 1 is 1.05 bits per heavy atom. The number of benzene rings is 2. The van der Waals surface area contributed by atoms with Gasteiger partial charge in [-0.15, -0.1) is 0 Å². The Labute approximate surface area is 246 Å². The molecule has 3 rings (SSSR count). The van der Waals surface area contributed by atoms with E-state index >= 15 is 0 Å². The molecule has 20 heteroatoms. The van der Waals surface area contributed by atoms with Gasteiger partial charge in [-0.3, -0.25) is 9.59 Å². The number of rotatable bonds is 9. The molecule has 0 aromatic heterocycles. The van der Waals surface area contributed by atoms with Gasteiger partial charge in [0.25, 0.3) is 10.2 Å². The number of hydrogen-bond acceptors (Lipinski definition) is 9. The Kier molecular flexibility index (Phi) is 12.0. The van der Waals surface area contributed by atoms with Crippen molar-refractivity contribution in [3.63, 3.8) is 0 Å². The Morgan fingerprint density at radius 3 is 2.27 bits per heavy atom. The molecule has 0 bridgehead atoms. The molecule has 0 unspecified atom stereocenters. The van der Waals surface area contributed by atoms with Gasteiger partial charge >= 0.3 is 30.1 Å². The topological polar surface area (TPSA) is 270 Å². The van der Waals surface area contributed by atoms with E-state index in [-0.39, 0.29) is 30.6 Å². The van der Waals surface area contributed by atoms with E-state index in [1.165, 1.54) is 18.2 Å². The zero-order valence-electron chi connectivity index (χ0n) is 22.3. The summed E-state index contributed by atoms with van der Waals surface area (Å²) in [5, 5.41) is 24.9. The summed E-state index contributed by atoms with van der Waals surface area (Å²) in [5.74, 6) is -6.30. The van der Waals surface area contributed by atoms with Crippen LogP contribution in [0.5, 0.6) is 11.5 Å². The Morgan fingerprint density at radius 2 is 1.70 bits per heavy atom. The van der Waals surface area contributed by atoms with Crippen molar-refractivity contribution in [2.24, 2.45) is 16.5 Å². The molecule has 0 spiro atoms. The highest BCUT2D eigenvalue weighted by Crippen LogP contribution is 2.31. The van der Waals surface area contributed by atoms with E-state index in [1.54, 1.807) is 22.9 Å². The summed E-state index contributed by atoms with van der Waals surface area (Å²) in [4.78, 5) is 47.6. The van der Waals surface area contributed by atoms with E-state index in [1.807, 2.05) is 0 Å². The number of aliphatic carboxylic acids is 3. The number of alkyl halides is 3. The lowest BCUT2D eigenvalue weighted by Crippen LogP contribution is -2.47. The SMILES string of the molecule is NC(N)=Nc1ccc2c(c1)CCCOc1cc(CNS(=O)(=O)N[C@@H](CC(=O)O)C(=O)O)ccc1OC2=O.O=C(O)C(F)(F)F. The van der Waals surface area contributed by atoms with E-state index in [4.69, 9.17) is 41.1 Å². The standard InChI is InChI=1S/C22H25N5O9S.C2HF3O2/c23-22(24)26-14-4-5-15-13(9-14)2-1-7-35-18-8-12(3-6-17(18)36-21(15)32)11-25-37(33,34)27-16(20(30)31)10-19(28)29;3-2(4,5)1(6)7/h3-6,8-9,16,25,27H,1-2,7,10-11H2,(H,28,29)(H,30,31)(H4,23,24,26);(H,6,7)/t16-;/m0./s1. The molecule has 9 N–H and O–H groups in total. The van der Waals surface area contributed by atoms with Gasteiger partial charge in [-0.25, -0.2) is 14.6 Å². The predicted molar refractivity (Wildman–Crippen MR) is 143 cm³/mol. The molecule has 0 saturated carbocycles. The number of aryl methyl sites for hydroxylation is 1. The molecule has 0 saturated heterocycles. The van der Waals surface area contributed by atoms with Crippen LogP contribution in [0.15, 0.2) is 41.4 Å². The highest BCUT2D eigenvalue weighted by Gasteiger charge is 2.38. The number of ether oxygens (including phenoxy) is 2. The summed E-state index contributed by atoms with van der Waals surface area (Å²) in [5.41, 5.74) is 12.8. The third-order valence-electron chi connectivity index (χ3n) is 5.31. The van der Waals surface area contributed by atoms with E-state index in [0.717, 1.165) is 0 Å². The fourth-order valence-electron chi connectivity index (χ4n) is 3.43. The van der Waals surface area contributed by atoms with Crippen LogP contribution in [0.1, 0.15) is 34.3 Å². The Bertz CT molecular complexity index is 1540. The number of guanidine groups is 1. The first-order valence-electron chi connectivity index (χ1n) is 12.1. The van der Waals surface area contributed by atoms with Crippen molar-refractivity contribution in [2.45, 2.75) is 38.0 Å². The number of hydrogen-bond donors (Lipinski definition) is 7. The number of nitrogens with zero attached hydrogens (tertiary/aromatic N) is 1. The lowest BCUT2D eigenvalue weighted by Gasteiger charge is -2.17. The summed E-state index contributed by atoms with van der Waals surface area (Å²) in [6.07, 6.45) is -5.02. The van der Waals surface area contributed by atoms with Crippen LogP contribution < -0.4 is 30.4 Å². The average Bonchev–Trinajstić information content (AvgIpc) is 2.89. The summed E-state index contributed by atoms with van der Waals surface area (Å²) < 4.78 is 71.4. The molecular weight excluding hydrogens is 623 g/mol. The van der Waals surface area contributed by atoms with Gasteiger partial charge in [0.1, 0.15) is 6.04 Å². The number of nitrogens with two attached hydrogens (primary N) is 2. The maximum Gasteiger partial charge on any atom is 0.490 e. The van der Waals surface area contributed by atoms with Crippen molar-refractivity contribution in [1.29, 1.82) is 0 Å². The molecule has 1 aliphatic rings. The van der Waals surface area contributed by atoms with E-state index in [9.17, 15) is 36.0 Å². The molecule has 1 atom stereocenters. The van der Waals surface area contributed by atoms with Crippen LogP contribution in [0.3, 0.4) is 0 Å². The van der Waals surface area contributed by atoms with Crippen LogP contribution in [-0.4, -0.2) is 72.4 Å². The highest BCUT2D eigenvalue weighted by atomic mass is 32.2. The van der Waals surface area contributed by atoms with Gasteiger partial charge < -0.3 is 36.3 Å². The molecule has 0 radical (unpaired) electrons. The fraction of sp³-hybridized carbons (Fsp3) is 0.292. The van der Waals surface area contributed by atoms with Gasteiger partial charge in [-0.05, 0) is 54.3 Å². The molecule has 0 amide bonds. The van der Waals surface area contributed by atoms with Crippen LogP contribution in [0.2, 0.25) is 0 Å². The van der Waals surface area contributed by atoms with Crippen molar-refractivity contribution in [3.8, 4) is 11.5 Å². The van der Waals surface area contributed by atoms with Gasteiger partial charge in [0.15, 0.2) is 17.5 Å². The molecular formula is C24H26F3N5O11S. The number of aliphatic imine (C=N–C) groups is 1. The second-order valence-electron chi connectivity index (χ2n) is 8.73. The van der Waals surface area contributed by atoms with Crippen LogP contribution in [0.25, 0.3) is 0 Å². The monoisotopic (exact) mass is 649 g/mol. The van der Waals surface area contributed by atoms with E-state index in [0.29, 0.717) is 35.2 Å². The summed E-state index contributed by atoms with van der Waals surface area (Å²) in [7, 11) is -4.36. The summed E-state index contributed by atoms with van der Waals surface area (Å²) in [6, 6.07) is 7.38. The van der Waals surface area contributed by atoms with Crippen molar-refractivity contribution < 1.29 is 65.6 Å². The number of esters is 1. The smallest absolute Gasteiger partial charge is 0.490 e. The van der Waals surface area contributed by atoms with Crippen molar-refractivity contribution >= 4 is 45.7 Å². The number of halogens is 3. The van der Waals surface area contributed by atoms with Gasteiger partial charge in [0, 0.05) is 6.54 Å². The minimum absolute atomic E-state index is 0.114. The number of nitrogens with one attached hydrogen (secondary N) is 2. The summed E-state index contributed by atoms with van der Waals surface area (Å²) >= 11 is 0. The lowest BCUT2D eigenvalue weighted by atomic mass is 10.0. The number of fused-ring (bicyclic) bond motifs is 2. The largest absolute Gasteiger partial charge is 0.490 e. The quantitative estimate of drug-likeness (QED) is 0.0851. The van der Waals surface area contributed by atoms with Crippen molar-refractivity contribution in [1.82, 2.24) is 9.44 Å². The van der Waals surface area contributed by atoms with Crippen LogP contribution in [0.4, 0.5) is 18.9 Å². The first-order chi connectivity index (χ1) is 20.4.